The zero-order chi connectivity index (χ0) is 6.53. The van der Waals surface area contributed by atoms with Gasteiger partial charge in [-0.25, -0.2) is 0 Å². The Bertz CT molecular complexity index is 89.1. The van der Waals surface area contributed by atoms with Crippen LogP contribution >= 0.6 is 0 Å². The van der Waals surface area contributed by atoms with E-state index in [0.29, 0.717) is 13.2 Å². The van der Waals surface area contributed by atoms with Crippen LogP contribution in [0.2, 0.25) is 0 Å². The summed E-state index contributed by atoms with van der Waals surface area (Å²) in [5.74, 6) is 0. The van der Waals surface area contributed by atoms with Crippen molar-refractivity contribution in [3.63, 3.8) is 0 Å². The van der Waals surface area contributed by atoms with E-state index in [1.807, 2.05) is 0 Å². The molecule has 1 fully saturated rings. The molecule has 0 bridgehead atoms. The van der Waals surface area contributed by atoms with E-state index in [0.717, 1.165) is 13.1 Å². The van der Waals surface area contributed by atoms with E-state index >= 15 is 0 Å². The fraction of sp³-hybridized carbons (Fsp3) is 0.833. The van der Waals surface area contributed by atoms with Gasteiger partial charge in [0.25, 0.3) is 6.47 Å². The average Bonchev–Trinajstić information content (AvgIpc) is 2.34. The molecule has 0 N–H and O–H groups in total. The van der Waals surface area contributed by atoms with Gasteiger partial charge in [0.15, 0.2) is 0 Å². The summed E-state index contributed by atoms with van der Waals surface area (Å²) in [7, 11) is 0. The summed E-state index contributed by atoms with van der Waals surface area (Å²) in [6.07, 6.45) is 2.48. The SMILES string of the molecule is O=COCN1CCCC1. The minimum Gasteiger partial charge on any atom is -0.452 e. The fourth-order valence-electron chi connectivity index (χ4n) is 1.05. The summed E-state index contributed by atoms with van der Waals surface area (Å²) < 4.78 is 4.56. The van der Waals surface area contributed by atoms with Crippen LogP contribution in [0.1, 0.15) is 12.8 Å². The first-order chi connectivity index (χ1) is 4.43. The lowest BCUT2D eigenvalue weighted by molar-refractivity contribution is -0.132. The van der Waals surface area contributed by atoms with Gasteiger partial charge in [-0.2, -0.15) is 0 Å². The molecular weight excluding hydrogens is 118 g/mol. The van der Waals surface area contributed by atoms with Crippen molar-refractivity contribution in [3.8, 4) is 0 Å². The molecule has 1 saturated heterocycles. The Labute approximate surface area is 54.6 Å². The highest BCUT2D eigenvalue weighted by molar-refractivity contribution is 5.36. The first-order valence-corrected chi connectivity index (χ1v) is 3.21. The third kappa shape index (κ3) is 2.01. The van der Waals surface area contributed by atoms with E-state index in [4.69, 9.17) is 0 Å². The van der Waals surface area contributed by atoms with Crippen LogP contribution in [-0.4, -0.2) is 31.2 Å². The molecule has 0 saturated carbocycles. The Kier molecular flexibility index (Phi) is 2.51. The Hall–Kier alpha value is -0.570. The number of rotatable bonds is 3. The topological polar surface area (TPSA) is 29.5 Å². The molecule has 0 aromatic carbocycles. The summed E-state index contributed by atoms with van der Waals surface area (Å²) in [4.78, 5) is 11.8. The summed E-state index contributed by atoms with van der Waals surface area (Å²) >= 11 is 0. The molecule has 1 aliphatic rings. The van der Waals surface area contributed by atoms with Crippen molar-refractivity contribution in [1.29, 1.82) is 0 Å². The molecule has 1 aliphatic heterocycles. The highest BCUT2D eigenvalue weighted by Gasteiger charge is 2.10. The number of hydrogen-bond donors (Lipinski definition) is 0. The van der Waals surface area contributed by atoms with Gasteiger partial charge in [-0.3, -0.25) is 9.69 Å². The van der Waals surface area contributed by atoms with Gasteiger partial charge in [0.2, 0.25) is 0 Å². The fourth-order valence-corrected chi connectivity index (χ4v) is 1.05. The van der Waals surface area contributed by atoms with Gasteiger partial charge in [-0.1, -0.05) is 0 Å². The van der Waals surface area contributed by atoms with Crippen molar-refractivity contribution in [2.24, 2.45) is 0 Å². The minimum absolute atomic E-state index is 0.476. The van der Waals surface area contributed by atoms with Crippen molar-refractivity contribution in [1.82, 2.24) is 4.90 Å². The van der Waals surface area contributed by atoms with Gasteiger partial charge in [0, 0.05) is 13.1 Å². The van der Waals surface area contributed by atoms with Crippen LogP contribution in [0.15, 0.2) is 0 Å². The number of carbonyl (C=O) groups excluding carboxylic acids is 1. The smallest absolute Gasteiger partial charge is 0.294 e. The van der Waals surface area contributed by atoms with Crippen LogP contribution in [-0.2, 0) is 9.53 Å². The highest BCUT2D eigenvalue weighted by atomic mass is 16.5. The van der Waals surface area contributed by atoms with Crippen molar-refractivity contribution < 1.29 is 9.53 Å². The van der Waals surface area contributed by atoms with Crippen LogP contribution in [0.5, 0.6) is 0 Å². The van der Waals surface area contributed by atoms with Crippen LogP contribution < -0.4 is 0 Å². The second-order valence-electron chi connectivity index (χ2n) is 2.22. The van der Waals surface area contributed by atoms with E-state index in [1.165, 1.54) is 12.8 Å². The Morgan fingerprint density at radius 1 is 1.44 bits per heavy atom. The lowest BCUT2D eigenvalue weighted by Crippen LogP contribution is -2.21. The maximum atomic E-state index is 9.71. The standard InChI is InChI=1S/C6H11NO2/c8-6-9-5-7-3-1-2-4-7/h6H,1-5H2. The lowest BCUT2D eigenvalue weighted by atomic mass is 10.4. The van der Waals surface area contributed by atoms with Gasteiger partial charge < -0.3 is 4.74 Å². The summed E-state index contributed by atoms with van der Waals surface area (Å²) in [5.41, 5.74) is 0. The number of carbonyl (C=O) groups is 1. The first kappa shape index (κ1) is 6.55. The molecule has 3 heteroatoms. The van der Waals surface area contributed by atoms with Crippen LogP contribution in [0.4, 0.5) is 0 Å². The minimum atomic E-state index is 0.476. The quantitative estimate of drug-likeness (QED) is 0.510. The van der Waals surface area contributed by atoms with Crippen molar-refractivity contribution in [2.45, 2.75) is 12.8 Å². The predicted molar refractivity (Wildman–Crippen MR) is 32.8 cm³/mol. The third-order valence-electron chi connectivity index (χ3n) is 1.52. The molecule has 9 heavy (non-hydrogen) atoms. The molecule has 0 aliphatic carbocycles. The van der Waals surface area contributed by atoms with Crippen LogP contribution in [0.3, 0.4) is 0 Å². The van der Waals surface area contributed by atoms with Crippen molar-refractivity contribution in [2.75, 3.05) is 19.8 Å². The third-order valence-corrected chi connectivity index (χ3v) is 1.52. The molecule has 0 amide bonds. The molecule has 1 rings (SSSR count). The van der Waals surface area contributed by atoms with Gasteiger partial charge in [0.1, 0.15) is 6.73 Å². The van der Waals surface area contributed by atoms with E-state index in [1.54, 1.807) is 0 Å². The second-order valence-corrected chi connectivity index (χ2v) is 2.22. The molecule has 0 aromatic rings. The van der Waals surface area contributed by atoms with Crippen LogP contribution in [0.25, 0.3) is 0 Å². The molecule has 0 spiro atoms. The number of nitrogens with zero attached hydrogens (tertiary/aromatic N) is 1. The number of hydrogen-bond acceptors (Lipinski definition) is 3. The van der Waals surface area contributed by atoms with Gasteiger partial charge in [-0.05, 0) is 12.8 Å². The molecule has 0 unspecified atom stereocenters. The molecule has 52 valence electrons. The van der Waals surface area contributed by atoms with Gasteiger partial charge >= 0.3 is 0 Å². The van der Waals surface area contributed by atoms with Crippen LogP contribution in [0, 0.1) is 0 Å². The Balaban J connectivity index is 2.04. The highest BCUT2D eigenvalue weighted by Crippen LogP contribution is 2.05. The molecule has 1 heterocycles. The Morgan fingerprint density at radius 2 is 2.11 bits per heavy atom. The maximum Gasteiger partial charge on any atom is 0.294 e. The zero-order valence-corrected chi connectivity index (χ0v) is 5.38. The molecular formula is C6H11NO2. The lowest BCUT2D eigenvalue weighted by Gasteiger charge is -2.10. The van der Waals surface area contributed by atoms with E-state index < -0.39 is 0 Å². The first-order valence-electron chi connectivity index (χ1n) is 3.21. The second kappa shape index (κ2) is 3.45. The Morgan fingerprint density at radius 3 is 2.67 bits per heavy atom. The molecule has 3 nitrogen and oxygen atoms in total. The number of ether oxygens (including phenoxy) is 1. The van der Waals surface area contributed by atoms with Crippen molar-refractivity contribution in [3.05, 3.63) is 0 Å². The monoisotopic (exact) mass is 129 g/mol. The van der Waals surface area contributed by atoms with E-state index in [-0.39, 0.29) is 0 Å². The normalized spacial score (nSPS) is 20.0. The van der Waals surface area contributed by atoms with E-state index in [9.17, 15) is 4.79 Å². The molecule has 0 radical (unpaired) electrons. The van der Waals surface area contributed by atoms with Crippen molar-refractivity contribution >= 4 is 6.47 Å². The predicted octanol–water partition coefficient (Wildman–Crippen LogP) is 0.213. The average molecular weight is 129 g/mol. The van der Waals surface area contributed by atoms with Gasteiger partial charge in [-0.15, -0.1) is 0 Å². The van der Waals surface area contributed by atoms with Gasteiger partial charge in [0.05, 0.1) is 0 Å². The summed E-state index contributed by atoms with van der Waals surface area (Å²) in [6.45, 7) is 3.13. The zero-order valence-electron chi connectivity index (χ0n) is 5.38. The number of likely N-dealkylation sites (tertiary alicyclic amines) is 1. The molecule has 0 aromatic heterocycles. The summed E-state index contributed by atoms with van der Waals surface area (Å²) in [5, 5.41) is 0. The maximum absolute atomic E-state index is 9.71. The van der Waals surface area contributed by atoms with E-state index in [2.05, 4.69) is 9.64 Å². The molecule has 0 atom stereocenters. The largest absolute Gasteiger partial charge is 0.452 e. The summed E-state index contributed by atoms with van der Waals surface area (Å²) in [6, 6.07) is 0.